The number of anilines is 2. The van der Waals surface area contributed by atoms with Crippen LogP contribution in [0.5, 0.6) is 0 Å². The number of hydrogen-bond donors (Lipinski definition) is 2. The molecule has 0 aliphatic heterocycles. The molecule has 2 aromatic carbocycles. The molecule has 2 N–H and O–H groups in total. The van der Waals surface area contributed by atoms with Crippen molar-refractivity contribution in [3.63, 3.8) is 0 Å². The smallest absolute Gasteiger partial charge is 0.226 e. The Balaban J connectivity index is 1.83. The Hall–Kier alpha value is -2.00. The van der Waals surface area contributed by atoms with Crippen LogP contribution in [0.15, 0.2) is 36.4 Å². The Morgan fingerprint density at radius 3 is 2.32 bits per heavy atom. The zero-order chi connectivity index (χ0) is 16.1. The normalized spacial score (nSPS) is 10.4. The highest BCUT2D eigenvalue weighted by molar-refractivity contribution is 6.31. The molecule has 0 heterocycles. The van der Waals surface area contributed by atoms with Gasteiger partial charge in [-0.3, -0.25) is 4.79 Å². The summed E-state index contributed by atoms with van der Waals surface area (Å²) in [5, 5.41) is 6.86. The predicted molar refractivity (Wildman–Crippen MR) is 93.8 cm³/mol. The molecule has 22 heavy (non-hydrogen) atoms. The molecule has 0 atom stereocenters. The standard InChI is InChI=1S/C18H21ClN2O/c1-12-8-13(2)10-16(9-12)21-18(22)6-7-20-15-5-4-14(3)17(19)11-15/h4-5,8-11,20H,6-7H2,1-3H3,(H,21,22). The lowest BCUT2D eigenvalue weighted by molar-refractivity contribution is -0.115. The van der Waals surface area contributed by atoms with Gasteiger partial charge in [-0.2, -0.15) is 0 Å². The van der Waals surface area contributed by atoms with Gasteiger partial charge < -0.3 is 10.6 Å². The molecule has 0 aliphatic carbocycles. The summed E-state index contributed by atoms with van der Waals surface area (Å²) in [4.78, 5) is 12.0. The fraction of sp³-hybridized carbons (Fsp3) is 0.278. The van der Waals surface area contributed by atoms with Crippen molar-refractivity contribution in [3.8, 4) is 0 Å². The lowest BCUT2D eigenvalue weighted by atomic mass is 10.1. The highest BCUT2D eigenvalue weighted by Crippen LogP contribution is 2.20. The minimum atomic E-state index is -0.00397. The molecule has 2 aromatic rings. The van der Waals surface area contributed by atoms with Gasteiger partial charge in [0.05, 0.1) is 0 Å². The first kappa shape index (κ1) is 16.4. The van der Waals surface area contributed by atoms with Crippen LogP contribution < -0.4 is 10.6 Å². The van der Waals surface area contributed by atoms with Gasteiger partial charge in [-0.05, 0) is 61.7 Å². The van der Waals surface area contributed by atoms with E-state index in [1.807, 2.05) is 51.1 Å². The van der Waals surface area contributed by atoms with Gasteiger partial charge in [-0.15, -0.1) is 0 Å². The van der Waals surface area contributed by atoms with Crippen LogP contribution in [-0.2, 0) is 4.79 Å². The van der Waals surface area contributed by atoms with Crippen LogP contribution in [0.2, 0.25) is 5.02 Å². The van der Waals surface area contributed by atoms with Crippen molar-refractivity contribution in [2.24, 2.45) is 0 Å². The molecule has 0 spiro atoms. The summed E-state index contributed by atoms with van der Waals surface area (Å²) in [5.74, 6) is -0.00397. The molecule has 0 aromatic heterocycles. The van der Waals surface area contributed by atoms with Crippen LogP contribution >= 0.6 is 11.6 Å². The molecule has 0 radical (unpaired) electrons. The zero-order valence-electron chi connectivity index (χ0n) is 13.2. The largest absolute Gasteiger partial charge is 0.384 e. The minimum absolute atomic E-state index is 0.00397. The third-order valence-corrected chi connectivity index (χ3v) is 3.77. The molecular weight excluding hydrogens is 296 g/mol. The number of hydrogen-bond acceptors (Lipinski definition) is 2. The fourth-order valence-corrected chi connectivity index (χ4v) is 2.47. The van der Waals surface area contributed by atoms with Gasteiger partial charge in [0, 0.05) is 29.4 Å². The van der Waals surface area contributed by atoms with Gasteiger partial charge in [-0.1, -0.05) is 23.7 Å². The van der Waals surface area contributed by atoms with E-state index in [-0.39, 0.29) is 5.91 Å². The van der Waals surface area contributed by atoms with E-state index in [1.54, 1.807) is 0 Å². The van der Waals surface area contributed by atoms with E-state index in [2.05, 4.69) is 16.7 Å². The number of rotatable bonds is 5. The fourth-order valence-electron chi connectivity index (χ4n) is 2.29. The summed E-state index contributed by atoms with van der Waals surface area (Å²) in [6, 6.07) is 11.8. The number of aryl methyl sites for hydroxylation is 3. The topological polar surface area (TPSA) is 41.1 Å². The number of nitrogens with one attached hydrogen (secondary N) is 2. The molecule has 1 amide bonds. The minimum Gasteiger partial charge on any atom is -0.384 e. The van der Waals surface area contributed by atoms with E-state index in [0.29, 0.717) is 13.0 Å². The molecule has 0 bridgehead atoms. The highest BCUT2D eigenvalue weighted by Gasteiger charge is 2.04. The first-order valence-electron chi connectivity index (χ1n) is 7.32. The summed E-state index contributed by atoms with van der Waals surface area (Å²) in [6.45, 7) is 6.57. The van der Waals surface area contributed by atoms with E-state index >= 15 is 0 Å². The number of benzene rings is 2. The Morgan fingerprint density at radius 1 is 1.00 bits per heavy atom. The van der Waals surface area contributed by atoms with E-state index < -0.39 is 0 Å². The Labute approximate surface area is 136 Å². The first-order chi connectivity index (χ1) is 10.4. The lowest BCUT2D eigenvalue weighted by Gasteiger charge is -2.09. The van der Waals surface area contributed by atoms with Crippen LogP contribution in [0.4, 0.5) is 11.4 Å². The van der Waals surface area contributed by atoms with E-state index in [0.717, 1.165) is 33.1 Å². The second-order valence-electron chi connectivity index (χ2n) is 5.57. The number of amides is 1. The van der Waals surface area contributed by atoms with Gasteiger partial charge in [0.25, 0.3) is 0 Å². The van der Waals surface area contributed by atoms with Gasteiger partial charge in [0.1, 0.15) is 0 Å². The monoisotopic (exact) mass is 316 g/mol. The molecule has 4 heteroatoms. The van der Waals surface area contributed by atoms with E-state index in [1.165, 1.54) is 0 Å². The third kappa shape index (κ3) is 4.78. The average molecular weight is 317 g/mol. The predicted octanol–water partition coefficient (Wildman–Crippen LogP) is 4.71. The van der Waals surface area contributed by atoms with Crippen molar-refractivity contribution in [2.75, 3.05) is 17.2 Å². The molecule has 0 fully saturated rings. The van der Waals surface area contributed by atoms with E-state index in [4.69, 9.17) is 11.6 Å². The lowest BCUT2D eigenvalue weighted by Crippen LogP contribution is -2.16. The van der Waals surface area contributed by atoms with Crippen molar-refractivity contribution < 1.29 is 4.79 Å². The Bertz CT molecular complexity index is 663. The summed E-state index contributed by atoms with van der Waals surface area (Å²) >= 11 is 6.07. The van der Waals surface area contributed by atoms with Gasteiger partial charge in [-0.25, -0.2) is 0 Å². The van der Waals surface area contributed by atoms with E-state index in [9.17, 15) is 4.79 Å². The van der Waals surface area contributed by atoms with Crippen molar-refractivity contribution in [1.29, 1.82) is 0 Å². The molecule has 0 unspecified atom stereocenters. The third-order valence-electron chi connectivity index (χ3n) is 3.36. The van der Waals surface area contributed by atoms with Gasteiger partial charge in [0.2, 0.25) is 5.91 Å². The summed E-state index contributed by atoms with van der Waals surface area (Å²) in [6.07, 6.45) is 0.401. The second kappa shape index (κ2) is 7.32. The summed E-state index contributed by atoms with van der Waals surface area (Å²) in [7, 11) is 0. The Kier molecular flexibility index (Phi) is 5.45. The summed E-state index contributed by atoms with van der Waals surface area (Å²) < 4.78 is 0. The Morgan fingerprint density at radius 2 is 1.68 bits per heavy atom. The zero-order valence-corrected chi connectivity index (χ0v) is 13.9. The molecule has 116 valence electrons. The van der Waals surface area contributed by atoms with Crippen molar-refractivity contribution in [3.05, 3.63) is 58.1 Å². The van der Waals surface area contributed by atoms with Crippen molar-refractivity contribution in [1.82, 2.24) is 0 Å². The first-order valence-corrected chi connectivity index (χ1v) is 7.70. The van der Waals surface area contributed by atoms with Crippen molar-refractivity contribution in [2.45, 2.75) is 27.2 Å². The van der Waals surface area contributed by atoms with Crippen LogP contribution in [0.1, 0.15) is 23.1 Å². The second-order valence-corrected chi connectivity index (χ2v) is 5.97. The molecular formula is C18H21ClN2O. The molecule has 0 saturated carbocycles. The quantitative estimate of drug-likeness (QED) is 0.839. The summed E-state index contributed by atoms with van der Waals surface area (Å²) in [5.41, 5.74) is 5.10. The molecule has 0 saturated heterocycles. The van der Waals surface area contributed by atoms with Crippen LogP contribution in [-0.4, -0.2) is 12.5 Å². The van der Waals surface area contributed by atoms with Gasteiger partial charge in [0.15, 0.2) is 0 Å². The molecule has 2 rings (SSSR count). The van der Waals surface area contributed by atoms with Crippen molar-refractivity contribution >= 4 is 28.9 Å². The highest BCUT2D eigenvalue weighted by atomic mass is 35.5. The molecule has 3 nitrogen and oxygen atoms in total. The SMILES string of the molecule is Cc1cc(C)cc(NC(=O)CCNc2ccc(C)c(Cl)c2)c1. The van der Waals surface area contributed by atoms with Crippen LogP contribution in [0.3, 0.4) is 0 Å². The average Bonchev–Trinajstić information content (AvgIpc) is 2.41. The number of carbonyl (C=O) groups excluding carboxylic acids is 1. The van der Waals surface area contributed by atoms with Crippen LogP contribution in [0, 0.1) is 20.8 Å². The maximum atomic E-state index is 12.0. The maximum Gasteiger partial charge on any atom is 0.226 e. The van der Waals surface area contributed by atoms with Crippen LogP contribution in [0.25, 0.3) is 0 Å². The maximum absolute atomic E-state index is 12.0. The number of carbonyl (C=O) groups is 1. The molecule has 0 aliphatic rings. The number of halogens is 1. The van der Waals surface area contributed by atoms with Gasteiger partial charge >= 0.3 is 0 Å².